The summed E-state index contributed by atoms with van der Waals surface area (Å²) in [6, 6.07) is 0.907. The average Bonchev–Trinajstić information content (AvgIpc) is 2.51. The van der Waals surface area contributed by atoms with Gasteiger partial charge in [0.25, 0.3) is 0 Å². The van der Waals surface area contributed by atoms with E-state index in [0.29, 0.717) is 5.56 Å². The number of halogens is 4. The van der Waals surface area contributed by atoms with Gasteiger partial charge in [-0.2, -0.15) is 13.2 Å². The van der Waals surface area contributed by atoms with Gasteiger partial charge in [-0.3, -0.25) is 4.98 Å². The summed E-state index contributed by atoms with van der Waals surface area (Å²) in [7, 11) is 0. The minimum Gasteiger partial charge on any atom is -0.254 e. The minimum atomic E-state index is -4.62. The Labute approximate surface area is 127 Å². The van der Waals surface area contributed by atoms with Gasteiger partial charge >= 0.3 is 6.18 Å². The van der Waals surface area contributed by atoms with E-state index >= 15 is 0 Å². The molecular weight excluding hydrogens is 298 g/mol. The zero-order valence-corrected chi connectivity index (χ0v) is 13.2. The summed E-state index contributed by atoms with van der Waals surface area (Å²) in [6.07, 6.45) is -1.62. The van der Waals surface area contributed by atoms with Crippen molar-refractivity contribution in [1.29, 1.82) is 0 Å². The molecule has 0 spiro atoms. The lowest BCUT2D eigenvalue weighted by atomic mass is 10.1. The highest BCUT2D eigenvalue weighted by atomic mass is 19.4. The van der Waals surface area contributed by atoms with Crippen molar-refractivity contribution in [1.82, 2.24) is 15.0 Å². The van der Waals surface area contributed by atoms with Crippen molar-refractivity contribution >= 4 is 0 Å². The van der Waals surface area contributed by atoms with Gasteiger partial charge in [-0.15, -0.1) is 0 Å². The Bertz CT molecular complexity index is 583. The molecule has 0 saturated carbocycles. The molecule has 0 saturated heterocycles. The van der Waals surface area contributed by atoms with Gasteiger partial charge < -0.3 is 0 Å². The molecule has 2 aromatic rings. The summed E-state index contributed by atoms with van der Waals surface area (Å²) in [5.74, 6) is -0.945. The lowest BCUT2D eigenvalue weighted by Crippen LogP contribution is -2.10. The highest BCUT2D eigenvalue weighted by Gasteiger charge is 2.35. The molecule has 0 unspecified atom stereocenters. The van der Waals surface area contributed by atoms with E-state index in [1.165, 1.54) is 13.1 Å². The first-order valence-electron chi connectivity index (χ1n) is 6.89. The Morgan fingerprint density at radius 3 is 2.00 bits per heavy atom. The Kier molecular flexibility index (Phi) is 8.22. The molecule has 0 aromatic carbocycles. The van der Waals surface area contributed by atoms with E-state index in [4.69, 9.17) is 0 Å². The standard InChI is InChI=1S/C11H7F4N3.2C2H6/c1-6-2-7(11(13,14)15)9(17-3-6)10-8(12)4-16-5-18-10;2*1-2/h2-5H,1H3;2*1-2H3. The van der Waals surface area contributed by atoms with Crippen molar-refractivity contribution in [2.45, 2.75) is 40.8 Å². The van der Waals surface area contributed by atoms with Crippen molar-refractivity contribution in [3.8, 4) is 11.4 Å². The average molecular weight is 317 g/mol. The van der Waals surface area contributed by atoms with Gasteiger partial charge in [0, 0.05) is 6.20 Å². The molecule has 2 aromatic heterocycles. The Morgan fingerprint density at radius 2 is 1.50 bits per heavy atom. The fourth-order valence-electron chi connectivity index (χ4n) is 1.46. The van der Waals surface area contributed by atoms with E-state index < -0.39 is 28.9 Å². The Balaban J connectivity index is 0.00000102. The van der Waals surface area contributed by atoms with Gasteiger partial charge in [-0.1, -0.05) is 27.7 Å². The monoisotopic (exact) mass is 317 g/mol. The quantitative estimate of drug-likeness (QED) is 0.690. The highest BCUT2D eigenvalue weighted by Crippen LogP contribution is 2.36. The molecule has 122 valence electrons. The molecule has 0 amide bonds. The van der Waals surface area contributed by atoms with Crippen molar-refractivity contribution in [2.75, 3.05) is 0 Å². The van der Waals surface area contributed by atoms with E-state index in [1.807, 2.05) is 27.7 Å². The van der Waals surface area contributed by atoms with Crippen LogP contribution in [-0.2, 0) is 6.18 Å². The van der Waals surface area contributed by atoms with Crippen LogP contribution in [-0.4, -0.2) is 15.0 Å². The molecule has 0 aliphatic carbocycles. The van der Waals surface area contributed by atoms with Crippen molar-refractivity contribution < 1.29 is 17.6 Å². The summed E-state index contributed by atoms with van der Waals surface area (Å²) >= 11 is 0. The maximum absolute atomic E-state index is 13.4. The molecule has 0 fully saturated rings. The van der Waals surface area contributed by atoms with Crippen LogP contribution in [0, 0.1) is 12.7 Å². The van der Waals surface area contributed by atoms with Gasteiger partial charge in [0.05, 0.1) is 11.8 Å². The van der Waals surface area contributed by atoms with Crippen LogP contribution in [0.15, 0.2) is 24.8 Å². The second-order valence-corrected chi connectivity index (χ2v) is 3.63. The molecule has 0 N–H and O–H groups in total. The predicted molar refractivity (Wildman–Crippen MR) is 77.7 cm³/mol. The third-order valence-corrected chi connectivity index (χ3v) is 2.22. The molecule has 22 heavy (non-hydrogen) atoms. The van der Waals surface area contributed by atoms with E-state index in [-0.39, 0.29) is 0 Å². The molecule has 0 atom stereocenters. The van der Waals surface area contributed by atoms with Crippen LogP contribution in [0.1, 0.15) is 38.8 Å². The SMILES string of the molecule is CC.CC.Cc1cnc(-c2ncncc2F)c(C(F)(F)F)c1. The van der Waals surface area contributed by atoms with Crippen molar-refractivity contribution in [2.24, 2.45) is 0 Å². The number of alkyl halides is 3. The topological polar surface area (TPSA) is 38.7 Å². The van der Waals surface area contributed by atoms with Crippen LogP contribution in [0.25, 0.3) is 11.4 Å². The van der Waals surface area contributed by atoms with E-state index in [2.05, 4.69) is 15.0 Å². The Hall–Kier alpha value is -2.05. The number of hydrogen-bond acceptors (Lipinski definition) is 3. The molecule has 0 aliphatic rings. The van der Waals surface area contributed by atoms with Gasteiger partial charge in [-0.25, -0.2) is 14.4 Å². The number of rotatable bonds is 1. The number of nitrogens with zero attached hydrogens (tertiary/aromatic N) is 3. The van der Waals surface area contributed by atoms with Crippen molar-refractivity contribution in [3.63, 3.8) is 0 Å². The van der Waals surface area contributed by atoms with Gasteiger partial charge in [0.15, 0.2) is 5.82 Å². The smallest absolute Gasteiger partial charge is 0.254 e. The number of aromatic nitrogens is 3. The highest BCUT2D eigenvalue weighted by molar-refractivity contribution is 5.60. The second kappa shape index (κ2) is 9.07. The summed E-state index contributed by atoms with van der Waals surface area (Å²) in [5, 5.41) is 0. The first-order chi connectivity index (χ1) is 10.4. The number of hydrogen-bond donors (Lipinski definition) is 0. The fraction of sp³-hybridized carbons (Fsp3) is 0.400. The van der Waals surface area contributed by atoms with Crippen LogP contribution in [0.3, 0.4) is 0 Å². The largest absolute Gasteiger partial charge is 0.418 e. The summed E-state index contributed by atoms with van der Waals surface area (Å²) in [4.78, 5) is 10.5. The lowest BCUT2D eigenvalue weighted by Gasteiger charge is -2.12. The molecule has 7 heteroatoms. The van der Waals surface area contributed by atoms with Crippen LogP contribution >= 0.6 is 0 Å². The molecule has 2 heterocycles. The number of pyridine rings is 1. The van der Waals surface area contributed by atoms with E-state index in [9.17, 15) is 17.6 Å². The molecule has 2 rings (SSSR count). The van der Waals surface area contributed by atoms with Gasteiger partial charge in [0.2, 0.25) is 0 Å². The van der Waals surface area contributed by atoms with E-state index in [0.717, 1.165) is 18.6 Å². The van der Waals surface area contributed by atoms with Crippen LogP contribution in [0.2, 0.25) is 0 Å². The fourth-order valence-corrected chi connectivity index (χ4v) is 1.46. The molecular formula is C15H19F4N3. The van der Waals surface area contributed by atoms with Crippen LogP contribution < -0.4 is 0 Å². The third-order valence-electron chi connectivity index (χ3n) is 2.22. The predicted octanol–water partition coefficient (Wildman–Crippen LogP) is 5.06. The maximum Gasteiger partial charge on any atom is 0.418 e. The first-order valence-corrected chi connectivity index (χ1v) is 6.89. The van der Waals surface area contributed by atoms with Crippen LogP contribution in [0.5, 0.6) is 0 Å². The van der Waals surface area contributed by atoms with Gasteiger partial charge in [-0.05, 0) is 18.6 Å². The summed E-state index contributed by atoms with van der Waals surface area (Å²) in [6.45, 7) is 9.47. The van der Waals surface area contributed by atoms with Crippen molar-refractivity contribution in [3.05, 3.63) is 41.7 Å². The zero-order chi connectivity index (χ0) is 17.3. The molecule has 0 bridgehead atoms. The van der Waals surface area contributed by atoms with Gasteiger partial charge in [0.1, 0.15) is 17.7 Å². The molecule has 3 nitrogen and oxygen atoms in total. The second-order valence-electron chi connectivity index (χ2n) is 3.63. The molecule has 0 aliphatic heterocycles. The molecule has 0 radical (unpaired) electrons. The minimum absolute atomic E-state index is 0.334. The maximum atomic E-state index is 13.4. The normalized spacial score (nSPS) is 10.0. The van der Waals surface area contributed by atoms with E-state index in [1.54, 1.807) is 0 Å². The van der Waals surface area contributed by atoms with Crippen LogP contribution in [0.4, 0.5) is 17.6 Å². The Morgan fingerprint density at radius 1 is 0.909 bits per heavy atom. The first kappa shape index (κ1) is 19.9. The zero-order valence-electron chi connectivity index (χ0n) is 13.2. The summed E-state index contributed by atoms with van der Waals surface area (Å²) < 4.78 is 51.9. The lowest BCUT2D eigenvalue weighted by molar-refractivity contribution is -0.137. The summed E-state index contributed by atoms with van der Waals surface area (Å²) in [5.41, 5.74) is -1.68. The number of aryl methyl sites for hydroxylation is 1. The third kappa shape index (κ3) is 5.05.